The zero-order valence-electron chi connectivity index (χ0n) is 10.1. The summed E-state index contributed by atoms with van der Waals surface area (Å²) >= 11 is 5.84. The van der Waals surface area contributed by atoms with E-state index < -0.39 is 17.5 Å². The molecular weight excluding hydrogens is 275 g/mol. The van der Waals surface area contributed by atoms with E-state index in [0.717, 1.165) is 12.1 Å². The van der Waals surface area contributed by atoms with Crippen LogP contribution in [-0.4, -0.2) is 0 Å². The van der Waals surface area contributed by atoms with Crippen molar-refractivity contribution >= 4 is 11.6 Å². The van der Waals surface area contributed by atoms with E-state index in [1.807, 2.05) is 0 Å². The molecule has 2 aromatic rings. The number of benzene rings is 2. The lowest BCUT2D eigenvalue weighted by Crippen LogP contribution is -2.05. The summed E-state index contributed by atoms with van der Waals surface area (Å²) < 4.78 is 40.1. The molecule has 1 unspecified atom stereocenters. The normalized spacial score (nSPS) is 12.5. The number of halogens is 4. The summed E-state index contributed by atoms with van der Waals surface area (Å²) in [6.45, 7) is 1.74. The lowest BCUT2D eigenvalue weighted by Gasteiger charge is -2.11. The van der Waals surface area contributed by atoms with Crippen LogP contribution in [0.5, 0.6) is 0 Å². The van der Waals surface area contributed by atoms with Gasteiger partial charge in [0.15, 0.2) is 11.6 Å². The molecule has 5 heteroatoms. The van der Waals surface area contributed by atoms with E-state index in [1.165, 1.54) is 18.2 Å². The fourth-order valence-corrected chi connectivity index (χ4v) is 2.01. The van der Waals surface area contributed by atoms with Gasteiger partial charge in [-0.15, -0.1) is 0 Å². The van der Waals surface area contributed by atoms with Crippen molar-refractivity contribution < 1.29 is 13.2 Å². The summed E-state index contributed by atoms with van der Waals surface area (Å²) in [5, 5.41) is -0.0559. The summed E-state index contributed by atoms with van der Waals surface area (Å²) in [6.07, 6.45) is 0. The van der Waals surface area contributed by atoms with Crippen molar-refractivity contribution in [2.24, 2.45) is 5.73 Å². The largest absolute Gasteiger partial charge is 0.324 e. The molecule has 0 amide bonds. The van der Waals surface area contributed by atoms with Gasteiger partial charge in [-0.1, -0.05) is 17.7 Å². The van der Waals surface area contributed by atoms with Crippen LogP contribution in [0.25, 0.3) is 11.1 Å². The first kappa shape index (κ1) is 13.9. The Morgan fingerprint density at radius 3 is 2.21 bits per heavy atom. The van der Waals surface area contributed by atoms with E-state index >= 15 is 0 Å². The topological polar surface area (TPSA) is 26.0 Å². The SMILES string of the molecule is CC(N)c1ccc(F)c(-c2cc(F)c(F)cc2Cl)c1. The van der Waals surface area contributed by atoms with Crippen molar-refractivity contribution in [3.05, 3.63) is 58.4 Å². The molecule has 0 bridgehead atoms. The Morgan fingerprint density at radius 2 is 1.58 bits per heavy atom. The minimum absolute atomic E-state index is 0.0559. The first-order chi connectivity index (χ1) is 8.90. The lowest BCUT2D eigenvalue weighted by molar-refractivity contribution is 0.509. The highest BCUT2D eigenvalue weighted by atomic mass is 35.5. The van der Waals surface area contributed by atoms with Gasteiger partial charge in [-0.3, -0.25) is 0 Å². The summed E-state index contributed by atoms with van der Waals surface area (Å²) in [6, 6.07) is 5.65. The minimum atomic E-state index is -1.08. The van der Waals surface area contributed by atoms with Gasteiger partial charge in [0.05, 0.1) is 5.02 Å². The molecule has 2 N–H and O–H groups in total. The highest BCUT2D eigenvalue weighted by molar-refractivity contribution is 6.33. The van der Waals surface area contributed by atoms with E-state index in [9.17, 15) is 13.2 Å². The van der Waals surface area contributed by atoms with Gasteiger partial charge < -0.3 is 5.73 Å². The molecule has 1 nitrogen and oxygen atoms in total. The van der Waals surface area contributed by atoms with Crippen LogP contribution >= 0.6 is 11.6 Å². The Balaban J connectivity index is 2.64. The zero-order valence-corrected chi connectivity index (χ0v) is 10.8. The van der Waals surface area contributed by atoms with Crippen LogP contribution in [0, 0.1) is 17.5 Å². The van der Waals surface area contributed by atoms with Gasteiger partial charge in [-0.25, -0.2) is 13.2 Å². The molecule has 2 rings (SSSR count). The van der Waals surface area contributed by atoms with Crippen molar-refractivity contribution in [2.75, 3.05) is 0 Å². The van der Waals surface area contributed by atoms with Crippen molar-refractivity contribution in [1.82, 2.24) is 0 Å². The number of nitrogens with two attached hydrogens (primary N) is 1. The van der Waals surface area contributed by atoms with E-state index in [2.05, 4.69) is 0 Å². The second-order valence-corrected chi connectivity index (χ2v) is 4.68. The quantitative estimate of drug-likeness (QED) is 0.811. The van der Waals surface area contributed by atoms with Gasteiger partial charge in [0.2, 0.25) is 0 Å². The highest BCUT2D eigenvalue weighted by Gasteiger charge is 2.14. The van der Waals surface area contributed by atoms with E-state index in [1.54, 1.807) is 6.92 Å². The average Bonchev–Trinajstić information content (AvgIpc) is 2.34. The minimum Gasteiger partial charge on any atom is -0.324 e. The maximum atomic E-state index is 13.8. The molecule has 2 aromatic carbocycles. The molecule has 0 heterocycles. The summed E-state index contributed by atoms with van der Waals surface area (Å²) in [5.41, 5.74) is 6.59. The standard InChI is InChI=1S/C14H11ClF3N/c1-7(19)8-2-3-12(16)10(4-8)9-5-13(17)14(18)6-11(9)15/h2-7H,19H2,1H3. The molecule has 100 valence electrons. The second kappa shape index (κ2) is 5.23. The van der Waals surface area contributed by atoms with Crippen LogP contribution in [0.4, 0.5) is 13.2 Å². The third kappa shape index (κ3) is 2.74. The Hall–Kier alpha value is -1.52. The second-order valence-electron chi connectivity index (χ2n) is 4.27. The van der Waals surface area contributed by atoms with Gasteiger partial charge in [0.25, 0.3) is 0 Å². The molecule has 0 aliphatic rings. The summed E-state index contributed by atoms with van der Waals surface area (Å²) in [4.78, 5) is 0. The Labute approximate surface area is 113 Å². The molecular formula is C14H11ClF3N. The van der Waals surface area contributed by atoms with Gasteiger partial charge in [-0.05, 0) is 36.8 Å². The first-order valence-corrected chi connectivity index (χ1v) is 5.98. The van der Waals surface area contributed by atoms with Crippen LogP contribution in [0.2, 0.25) is 5.02 Å². The molecule has 0 aliphatic heterocycles. The van der Waals surface area contributed by atoms with E-state index in [-0.39, 0.29) is 22.2 Å². The van der Waals surface area contributed by atoms with Gasteiger partial charge in [0.1, 0.15) is 5.82 Å². The molecule has 0 saturated heterocycles. The van der Waals surface area contributed by atoms with Gasteiger partial charge >= 0.3 is 0 Å². The molecule has 0 spiro atoms. The summed E-state index contributed by atoms with van der Waals surface area (Å²) in [7, 11) is 0. The monoisotopic (exact) mass is 285 g/mol. The fraction of sp³-hybridized carbons (Fsp3) is 0.143. The third-order valence-electron chi connectivity index (χ3n) is 2.82. The predicted molar refractivity (Wildman–Crippen MR) is 69.4 cm³/mol. The van der Waals surface area contributed by atoms with Crippen LogP contribution in [0.15, 0.2) is 30.3 Å². The van der Waals surface area contributed by atoms with Crippen LogP contribution in [0.1, 0.15) is 18.5 Å². The van der Waals surface area contributed by atoms with Gasteiger partial charge in [-0.2, -0.15) is 0 Å². The van der Waals surface area contributed by atoms with Crippen molar-refractivity contribution in [3.8, 4) is 11.1 Å². The molecule has 0 aromatic heterocycles. The number of hydrogen-bond donors (Lipinski definition) is 1. The predicted octanol–water partition coefficient (Wildman–Crippen LogP) is 4.44. The molecule has 19 heavy (non-hydrogen) atoms. The van der Waals surface area contributed by atoms with Crippen LogP contribution in [-0.2, 0) is 0 Å². The van der Waals surface area contributed by atoms with Crippen molar-refractivity contribution in [1.29, 1.82) is 0 Å². The highest BCUT2D eigenvalue weighted by Crippen LogP contribution is 2.33. The number of hydrogen-bond acceptors (Lipinski definition) is 1. The third-order valence-corrected chi connectivity index (χ3v) is 3.13. The molecule has 1 atom stereocenters. The maximum Gasteiger partial charge on any atom is 0.160 e. The Kier molecular flexibility index (Phi) is 3.83. The molecule has 0 saturated carbocycles. The fourth-order valence-electron chi connectivity index (χ4n) is 1.76. The average molecular weight is 286 g/mol. The summed E-state index contributed by atoms with van der Waals surface area (Å²) in [5.74, 6) is -2.72. The molecule has 0 fully saturated rings. The lowest BCUT2D eigenvalue weighted by atomic mass is 9.99. The van der Waals surface area contributed by atoms with Crippen molar-refractivity contribution in [3.63, 3.8) is 0 Å². The smallest absolute Gasteiger partial charge is 0.160 e. The van der Waals surface area contributed by atoms with Crippen LogP contribution in [0.3, 0.4) is 0 Å². The Bertz CT molecular complexity index is 626. The number of rotatable bonds is 2. The van der Waals surface area contributed by atoms with E-state index in [4.69, 9.17) is 17.3 Å². The van der Waals surface area contributed by atoms with Crippen LogP contribution < -0.4 is 5.73 Å². The molecule has 0 radical (unpaired) electrons. The molecule has 0 aliphatic carbocycles. The Morgan fingerprint density at radius 1 is 0.947 bits per heavy atom. The van der Waals surface area contributed by atoms with Gasteiger partial charge in [0, 0.05) is 17.2 Å². The van der Waals surface area contributed by atoms with Crippen molar-refractivity contribution in [2.45, 2.75) is 13.0 Å². The first-order valence-electron chi connectivity index (χ1n) is 5.60. The maximum absolute atomic E-state index is 13.8. The van der Waals surface area contributed by atoms with E-state index in [0.29, 0.717) is 5.56 Å². The zero-order chi connectivity index (χ0) is 14.2.